The molecule has 1 aliphatic carbocycles. The molecule has 3 atom stereocenters. The Hall–Kier alpha value is -0.740. The van der Waals surface area contributed by atoms with Crippen LogP contribution < -0.4 is 0 Å². The predicted octanol–water partition coefficient (Wildman–Crippen LogP) is 1.49. The molecule has 0 heterocycles. The fourth-order valence-electron chi connectivity index (χ4n) is 1.29. The van der Waals surface area contributed by atoms with Crippen LogP contribution in [-0.2, 0) is 0 Å². The third kappa shape index (κ3) is 1.85. The Bertz CT molecular complexity index is 165. The lowest BCUT2D eigenvalue weighted by Crippen LogP contribution is -2.37. The largest absolute Gasteiger partial charge is 0.264 e. The number of alkyl halides is 2. The molecule has 0 spiro atoms. The summed E-state index contributed by atoms with van der Waals surface area (Å²) in [7, 11) is 0. The Morgan fingerprint density at radius 3 is 2.45 bits per heavy atom. The highest BCUT2D eigenvalue weighted by atomic mass is 19.1. The molecule has 0 radical (unpaired) electrons. The minimum Gasteiger partial charge on any atom is -0.264 e. The minimum absolute atomic E-state index is 0.0231. The van der Waals surface area contributed by atoms with Gasteiger partial charge < -0.3 is 0 Å². The van der Waals surface area contributed by atoms with Crippen molar-refractivity contribution in [2.24, 2.45) is 0 Å². The fourth-order valence-corrected chi connectivity index (χ4v) is 1.29. The second-order valence-electron chi connectivity index (χ2n) is 2.78. The van der Waals surface area contributed by atoms with E-state index in [1.807, 2.05) is 0 Å². The molecule has 0 saturated heterocycles. The quantitative estimate of drug-likeness (QED) is 0.436. The van der Waals surface area contributed by atoms with E-state index in [9.17, 15) is 18.9 Å². The van der Waals surface area contributed by atoms with Crippen LogP contribution in [0.25, 0.3) is 0 Å². The number of hydrogen-bond acceptors (Lipinski definition) is 2. The monoisotopic (exact) mass is 165 g/mol. The van der Waals surface area contributed by atoms with E-state index in [1.54, 1.807) is 0 Å². The van der Waals surface area contributed by atoms with Gasteiger partial charge in [0.25, 0.3) is 0 Å². The fraction of sp³-hybridized carbons (Fsp3) is 1.00. The van der Waals surface area contributed by atoms with Gasteiger partial charge in [0.2, 0.25) is 6.04 Å². The molecule has 64 valence electrons. The van der Waals surface area contributed by atoms with Crippen molar-refractivity contribution in [1.29, 1.82) is 0 Å². The Balaban J connectivity index is 2.50. The lowest BCUT2D eigenvalue weighted by atomic mass is 9.93. The summed E-state index contributed by atoms with van der Waals surface area (Å²) < 4.78 is 25.1. The van der Waals surface area contributed by atoms with Gasteiger partial charge in [0.15, 0.2) is 6.17 Å². The summed E-state index contributed by atoms with van der Waals surface area (Å²) in [5, 5.41) is 10.1. The van der Waals surface area contributed by atoms with Gasteiger partial charge in [-0.2, -0.15) is 0 Å². The molecular formula is C6H9F2NO2. The van der Waals surface area contributed by atoms with Crippen molar-refractivity contribution in [3.63, 3.8) is 0 Å². The Labute approximate surface area is 62.5 Å². The van der Waals surface area contributed by atoms with Gasteiger partial charge in [0, 0.05) is 17.8 Å². The zero-order chi connectivity index (χ0) is 8.43. The molecule has 0 aliphatic heterocycles. The summed E-state index contributed by atoms with van der Waals surface area (Å²) in [6, 6.07) is -1.18. The second-order valence-corrected chi connectivity index (χ2v) is 2.78. The van der Waals surface area contributed by atoms with Crippen molar-refractivity contribution in [3.8, 4) is 0 Å². The molecule has 0 bridgehead atoms. The first-order valence-corrected chi connectivity index (χ1v) is 3.53. The normalized spacial score (nSPS) is 38.5. The Morgan fingerprint density at radius 2 is 2.00 bits per heavy atom. The molecule has 1 aliphatic rings. The molecule has 1 rings (SSSR count). The van der Waals surface area contributed by atoms with E-state index in [2.05, 4.69) is 0 Å². The van der Waals surface area contributed by atoms with E-state index in [-0.39, 0.29) is 19.3 Å². The van der Waals surface area contributed by atoms with E-state index >= 15 is 0 Å². The first-order valence-electron chi connectivity index (χ1n) is 3.53. The van der Waals surface area contributed by atoms with Crippen LogP contribution >= 0.6 is 0 Å². The highest BCUT2D eigenvalue weighted by Crippen LogP contribution is 2.25. The average molecular weight is 165 g/mol. The van der Waals surface area contributed by atoms with Crippen LogP contribution in [0.1, 0.15) is 19.3 Å². The predicted molar refractivity (Wildman–Crippen MR) is 34.4 cm³/mol. The maximum atomic E-state index is 12.7. The van der Waals surface area contributed by atoms with Crippen LogP contribution in [0.3, 0.4) is 0 Å². The zero-order valence-electron chi connectivity index (χ0n) is 5.87. The van der Waals surface area contributed by atoms with E-state index in [0.717, 1.165) is 0 Å². The van der Waals surface area contributed by atoms with Gasteiger partial charge >= 0.3 is 0 Å². The Kier molecular flexibility index (Phi) is 2.36. The first-order chi connectivity index (χ1) is 5.11. The minimum atomic E-state index is -1.60. The number of hydrogen-bond donors (Lipinski definition) is 0. The number of nitrogens with zero attached hydrogens (tertiary/aromatic N) is 1. The summed E-state index contributed by atoms with van der Waals surface area (Å²) >= 11 is 0. The van der Waals surface area contributed by atoms with Crippen molar-refractivity contribution in [2.75, 3.05) is 0 Å². The van der Waals surface area contributed by atoms with Crippen LogP contribution in [0.2, 0.25) is 0 Å². The lowest BCUT2D eigenvalue weighted by Gasteiger charge is -2.21. The van der Waals surface area contributed by atoms with Gasteiger partial charge in [-0.25, -0.2) is 8.78 Å². The maximum Gasteiger partial charge on any atom is 0.244 e. The molecule has 0 aromatic heterocycles. The molecule has 3 unspecified atom stereocenters. The number of rotatable bonds is 1. The van der Waals surface area contributed by atoms with Crippen molar-refractivity contribution in [3.05, 3.63) is 10.1 Å². The zero-order valence-corrected chi connectivity index (χ0v) is 5.87. The van der Waals surface area contributed by atoms with E-state index in [4.69, 9.17) is 0 Å². The van der Waals surface area contributed by atoms with Gasteiger partial charge in [-0.3, -0.25) is 10.1 Å². The van der Waals surface area contributed by atoms with Gasteiger partial charge in [-0.15, -0.1) is 0 Å². The summed E-state index contributed by atoms with van der Waals surface area (Å²) in [5.41, 5.74) is 0. The van der Waals surface area contributed by atoms with Gasteiger partial charge in [0.1, 0.15) is 6.17 Å². The topological polar surface area (TPSA) is 43.1 Å². The van der Waals surface area contributed by atoms with Crippen molar-refractivity contribution >= 4 is 0 Å². The third-order valence-electron chi connectivity index (χ3n) is 1.94. The smallest absolute Gasteiger partial charge is 0.244 e. The van der Waals surface area contributed by atoms with Crippen LogP contribution in [-0.4, -0.2) is 23.3 Å². The van der Waals surface area contributed by atoms with Gasteiger partial charge in [0.05, 0.1) is 0 Å². The molecule has 3 nitrogen and oxygen atoms in total. The molecule has 11 heavy (non-hydrogen) atoms. The van der Waals surface area contributed by atoms with Crippen LogP contribution in [0.15, 0.2) is 0 Å². The van der Waals surface area contributed by atoms with Crippen LogP contribution in [0.4, 0.5) is 8.78 Å². The molecule has 0 aromatic carbocycles. The lowest BCUT2D eigenvalue weighted by molar-refractivity contribution is -0.535. The van der Waals surface area contributed by atoms with Gasteiger partial charge in [-0.1, -0.05) is 0 Å². The van der Waals surface area contributed by atoms with Crippen molar-refractivity contribution < 1.29 is 13.7 Å². The SMILES string of the molecule is O=[N+]([O-])C1CCC(F)CC1F. The van der Waals surface area contributed by atoms with Crippen LogP contribution in [0.5, 0.6) is 0 Å². The maximum absolute atomic E-state index is 12.7. The summed E-state index contributed by atoms with van der Waals surface area (Å²) in [5.74, 6) is 0. The summed E-state index contributed by atoms with van der Waals surface area (Å²) in [6.07, 6.45) is -2.97. The molecule has 1 fully saturated rings. The summed E-state index contributed by atoms with van der Waals surface area (Å²) in [6.45, 7) is 0. The van der Waals surface area contributed by atoms with Crippen molar-refractivity contribution in [2.45, 2.75) is 37.6 Å². The number of halogens is 2. The highest BCUT2D eigenvalue weighted by Gasteiger charge is 2.38. The molecule has 0 aromatic rings. The Morgan fingerprint density at radius 1 is 1.36 bits per heavy atom. The molecule has 5 heteroatoms. The van der Waals surface area contributed by atoms with Gasteiger partial charge in [-0.05, 0) is 6.42 Å². The first kappa shape index (κ1) is 8.36. The van der Waals surface area contributed by atoms with E-state index in [1.165, 1.54) is 0 Å². The molecule has 1 saturated carbocycles. The molecule has 0 amide bonds. The second kappa shape index (κ2) is 3.11. The highest BCUT2D eigenvalue weighted by molar-refractivity contribution is 4.79. The van der Waals surface area contributed by atoms with E-state index in [0.29, 0.717) is 0 Å². The van der Waals surface area contributed by atoms with E-state index < -0.39 is 23.3 Å². The third-order valence-corrected chi connectivity index (χ3v) is 1.94. The number of nitro groups is 1. The molecule has 0 N–H and O–H groups in total. The average Bonchev–Trinajstić information content (AvgIpc) is 1.85. The van der Waals surface area contributed by atoms with Crippen molar-refractivity contribution in [1.82, 2.24) is 0 Å². The summed E-state index contributed by atoms with van der Waals surface area (Å²) in [4.78, 5) is 9.46. The standard InChI is InChI=1S/C6H9F2NO2/c7-4-1-2-6(9(10)11)5(8)3-4/h4-6H,1-3H2. The molecular weight excluding hydrogens is 156 g/mol. The van der Waals surface area contributed by atoms with Crippen LogP contribution in [0, 0.1) is 10.1 Å².